The number of terminal acetylenes is 1. The highest BCUT2D eigenvalue weighted by Gasteiger charge is 2.02. The van der Waals surface area contributed by atoms with Gasteiger partial charge in [-0.25, -0.2) is 0 Å². The van der Waals surface area contributed by atoms with E-state index in [2.05, 4.69) is 21.8 Å². The van der Waals surface area contributed by atoms with Gasteiger partial charge in [0.15, 0.2) is 5.11 Å². The number of thiocarbonyl (C=S) groups is 1. The molecule has 1 atom stereocenters. The van der Waals surface area contributed by atoms with Crippen LogP contribution in [-0.2, 0) is 4.74 Å². The first-order chi connectivity index (χ1) is 10.2. The number of methoxy groups -OCH3 is 1. The molecule has 0 aliphatic rings. The maximum Gasteiger partial charge on any atom is 0.187 e. The van der Waals surface area contributed by atoms with Gasteiger partial charge in [0.25, 0.3) is 0 Å². The summed E-state index contributed by atoms with van der Waals surface area (Å²) in [6, 6.07) is 7.57. The zero-order chi connectivity index (χ0) is 15.5. The summed E-state index contributed by atoms with van der Waals surface area (Å²) in [4.78, 5) is 0. The molecule has 0 saturated carbocycles. The van der Waals surface area contributed by atoms with Crippen molar-refractivity contribution in [1.82, 2.24) is 10.7 Å². The van der Waals surface area contributed by atoms with Crippen molar-refractivity contribution < 1.29 is 9.47 Å². The Morgan fingerprint density at radius 1 is 1.52 bits per heavy atom. The second-order valence-corrected chi connectivity index (χ2v) is 4.64. The third-order valence-electron chi connectivity index (χ3n) is 2.39. The van der Waals surface area contributed by atoms with Gasteiger partial charge in [-0.3, -0.25) is 5.43 Å². The van der Waals surface area contributed by atoms with E-state index < -0.39 is 0 Å². The monoisotopic (exact) mass is 305 g/mol. The van der Waals surface area contributed by atoms with Crippen LogP contribution >= 0.6 is 12.2 Å². The van der Waals surface area contributed by atoms with E-state index in [0.717, 1.165) is 5.56 Å². The van der Waals surface area contributed by atoms with Gasteiger partial charge in [-0.2, -0.15) is 5.10 Å². The quantitative estimate of drug-likeness (QED) is 0.346. The van der Waals surface area contributed by atoms with Crippen LogP contribution < -0.4 is 15.5 Å². The first kappa shape index (κ1) is 17.0. The molecule has 5 nitrogen and oxygen atoms in total. The lowest BCUT2D eigenvalue weighted by Gasteiger charge is -2.13. The van der Waals surface area contributed by atoms with Crippen LogP contribution in [0.4, 0.5) is 0 Å². The van der Waals surface area contributed by atoms with E-state index in [1.165, 1.54) is 0 Å². The molecular weight excluding hydrogens is 286 g/mol. The zero-order valence-corrected chi connectivity index (χ0v) is 12.9. The Balaban J connectivity index is 2.53. The fourth-order valence-corrected chi connectivity index (χ4v) is 1.80. The van der Waals surface area contributed by atoms with E-state index in [1.807, 2.05) is 31.2 Å². The molecule has 2 N–H and O–H groups in total. The standard InChI is InChI=1S/C15H19N3O2S/c1-4-9-20-14-8-6-5-7-13(14)10-16-18-15(21)17-12(2)11-19-3/h1,5-8,10,12H,9,11H2,2-3H3,(H2,17,18,21)/b16-10-/t12-/m0/s1. The second-order valence-electron chi connectivity index (χ2n) is 4.23. The van der Waals surface area contributed by atoms with Crippen molar-refractivity contribution in [1.29, 1.82) is 0 Å². The van der Waals surface area contributed by atoms with Gasteiger partial charge in [0, 0.05) is 18.7 Å². The number of para-hydroxylation sites is 1. The summed E-state index contributed by atoms with van der Waals surface area (Å²) in [5.41, 5.74) is 3.56. The Labute approximate surface area is 130 Å². The second kappa shape index (κ2) is 9.75. The molecule has 0 saturated heterocycles. The molecule has 6 heteroatoms. The van der Waals surface area contributed by atoms with E-state index in [4.69, 9.17) is 28.1 Å². The number of nitrogens with one attached hydrogen (secondary N) is 2. The van der Waals surface area contributed by atoms with Crippen molar-refractivity contribution in [2.45, 2.75) is 13.0 Å². The van der Waals surface area contributed by atoms with E-state index >= 15 is 0 Å². The molecule has 0 bridgehead atoms. The zero-order valence-electron chi connectivity index (χ0n) is 12.1. The fraction of sp³-hybridized carbons (Fsp3) is 0.333. The smallest absolute Gasteiger partial charge is 0.187 e. The van der Waals surface area contributed by atoms with E-state index in [1.54, 1.807) is 13.3 Å². The van der Waals surface area contributed by atoms with Gasteiger partial charge in [0.1, 0.15) is 12.4 Å². The lowest BCUT2D eigenvalue weighted by Crippen LogP contribution is -2.40. The van der Waals surface area contributed by atoms with Crippen molar-refractivity contribution in [2.75, 3.05) is 20.3 Å². The SMILES string of the molecule is C#CCOc1ccccc1/C=N\NC(=S)N[C@@H](C)COC. The van der Waals surface area contributed by atoms with Crippen molar-refractivity contribution in [3.63, 3.8) is 0 Å². The van der Waals surface area contributed by atoms with Crippen LogP contribution in [0.15, 0.2) is 29.4 Å². The minimum Gasteiger partial charge on any atom is -0.480 e. The van der Waals surface area contributed by atoms with Crippen LogP contribution in [0.3, 0.4) is 0 Å². The van der Waals surface area contributed by atoms with Gasteiger partial charge in [0.2, 0.25) is 0 Å². The lowest BCUT2D eigenvalue weighted by atomic mass is 10.2. The highest BCUT2D eigenvalue weighted by atomic mass is 32.1. The first-order valence-corrected chi connectivity index (χ1v) is 6.82. The lowest BCUT2D eigenvalue weighted by molar-refractivity contribution is 0.179. The molecule has 0 fully saturated rings. The largest absolute Gasteiger partial charge is 0.480 e. The fourth-order valence-electron chi connectivity index (χ4n) is 1.55. The Kier molecular flexibility index (Phi) is 7.87. The molecule has 0 unspecified atom stereocenters. The minimum absolute atomic E-state index is 0.108. The summed E-state index contributed by atoms with van der Waals surface area (Å²) in [6.07, 6.45) is 6.81. The van der Waals surface area contributed by atoms with Crippen molar-refractivity contribution in [2.24, 2.45) is 5.10 Å². The molecule has 0 heterocycles. The average molecular weight is 305 g/mol. The molecular formula is C15H19N3O2S. The van der Waals surface area contributed by atoms with E-state index in [9.17, 15) is 0 Å². The summed E-state index contributed by atoms with van der Waals surface area (Å²) in [7, 11) is 1.64. The third kappa shape index (κ3) is 6.75. The molecule has 112 valence electrons. The molecule has 0 aliphatic heterocycles. The van der Waals surface area contributed by atoms with Crippen LogP contribution in [0.5, 0.6) is 5.75 Å². The molecule has 1 rings (SSSR count). The van der Waals surface area contributed by atoms with Gasteiger partial charge in [-0.15, -0.1) is 6.42 Å². The molecule has 21 heavy (non-hydrogen) atoms. The summed E-state index contributed by atoms with van der Waals surface area (Å²) in [6.45, 7) is 2.74. The van der Waals surface area contributed by atoms with Crippen molar-refractivity contribution in [3.05, 3.63) is 29.8 Å². The van der Waals surface area contributed by atoms with Crippen LogP contribution in [0.25, 0.3) is 0 Å². The first-order valence-electron chi connectivity index (χ1n) is 6.41. The van der Waals surface area contributed by atoms with Crippen molar-refractivity contribution >= 4 is 23.5 Å². The number of hydrazone groups is 1. The number of benzene rings is 1. The number of ether oxygens (including phenoxy) is 2. The van der Waals surface area contributed by atoms with Gasteiger partial charge < -0.3 is 14.8 Å². The van der Waals surface area contributed by atoms with E-state index in [0.29, 0.717) is 17.5 Å². The Morgan fingerprint density at radius 2 is 2.29 bits per heavy atom. The molecule has 0 radical (unpaired) electrons. The van der Waals surface area contributed by atoms with Crippen LogP contribution in [0, 0.1) is 12.3 Å². The maximum atomic E-state index is 5.42. The highest BCUT2D eigenvalue weighted by Crippen LogP contribution is 2.15. The normalized spacial score (nSPS) is 11.7. The number of hydrogen-bond acceptors (Lipinski definition) is 4. The van der Waals surface area contributed by atoms with Crippen LogP contribution in [-0.4, -0.2) is 37.7 Å². The summed E-state index contributed by atoms with van der Waals surface area (Å²) < 4.78 is 10.4. The summed E-state index contributed by atoms with van der Waals surface area (Å²) >= 11 is 5.11. The van der Waals surface area contributed by atoms with Gasteiger partial charge in [-0.05, 0) is 31.3 Å². The van der Waals surface area contributed by atoms with E-state index in [-0.39, 0.29) is 12.6 Å². The number of hydrogen-bond donors (Lipinski definition) is 2. The predicted octanol–water partition coefficient (Wildman–Crippen LogP) is 1.53. The Bertz CT molecular complexity index is 526. The molecule has 0 aliphatic carbocycles. The summed E-state index contributed by atoms with van der Waals surface area (Å²) in [5, 5.41) is 7.54. The molecule has 0 amide bonds. The predicted molar refractivity (Wildman–Crippen MR) is 88.6 cm³/mol. The molecule has 1 aromatic carbocycles. The average Bonchev–Trinajstić information content (AvgIpc) is 2.46. The van der Waals surface area contributed by atoms with Crippen LogP contribution in [0.1, 0.15) is 12.5 Å². The van der Waals surface area contributed by atoms with Gasteiger partial charge >= 0.3 is 0 Å². The van der Waals surface area contributed by atoms with Crippen molar-refractivity contribution in [3.8, 4) is 18.1 Å². The number of rotatable bonds is 7. The highest BCUT2D eigenvalue weighted by molar-refractivity contribution is 7.80. The Morgan fingerprint density at radius 3 is 3.00 bits per heavy atom. The minimum atomic E-state index is 0.108. The topological polar surface area (TPSA) is 54.9 Å². The molecule has 1 aromatic rings. The molecule has 0 spiro atoms. The Hall–Kier alpha value is -2.10. The molecule has 0 aromatic heterocycles. The number of nitrogens with zero attached hydrogens (tertiary/aromatic N) is 1. The van der Waals surface area contributed by atoms with Gasteiger partial charge in [-0.1, -0.05) is 18.1 Å². The van der Waals surface area contributed by atoms with Gasteiger partial charge in [0.05, 0.1) is 12.8 Å². The summed E-state index contributed by atoms with van der Waals surface area (Å²) in [5.74, 6) is 3.10. The third-order valence-corrected chi connectivity index (χ3v) is 2.60. The van der Waals surface area contributed by atoms with Crippen LogP contribution in [0.2, 0.25) is 0 Å². The maximum absolute atomic E-state index is 5.42.